The summed E-state index contributed by atoms with van der Waals surface area (Å²) in [7, 11) is -3.55. The van der Waals surface area contributed by atoms with Crippen molar-refractivity contribution in [3.63, 3.8) is 0 Å². The van der Waals surface area contributed by atoms with Gasteiger partial charge in [0.2, 0.25) is 0 Å². The first-order valence-electron chi connectivity index (χ1n) is 5.44. The fraction of sp³-hybridized carbons (Fsp3) is 0.0769. The molecule has 0 fully saturated rings. The molecule has 0 N–H and O–H groups in total. The first-order valence-corrected chi connectivity index (χ1v) is 11.0. The van der Waals surface area contributed by atoms with E-state index >= 15 is 0 Å². The normalized spacial score (nSPS) is 13.4. The van der Waals surface area contributed by atoms with Crippen LogP contribution in [0, 0.1) is 0 Å². The second-order valence-corrected chi connectivity index (χ2v) is 10.2. The van der Waals surface area contributed by atoms with Crippen molar-refractivity contribution in [2.45, 2.75) is 10.7 Å². The van der Waals surface area contributed by atoms with Gasteiger partial charge in [-0.1, -0.05) is 0 Å². The molecule has 0 aliphatic carbocycles. The van der Waals surface area contributed by atoms with Crippen LogP contribution < -0.4 is 4.46 Å². The van der Waals surface area contributed by atoms with Crippen LogP contribution in [0.4, 0.5) is 0 Å². The Morgan fingerprint density at radius 3 is 2.16 bits per heavy atom. The van der Waals surface area contributed by atoms with Crippen LogP contribution in [0.15, 0.2) is 67.3 Å². The van der Waals surface area contributed by atoms with Crippen molar-refractivity contribution in [2.24, 2.45) is 3.37 Å². The molecule has 0 aliphatic heterocycles. The standard InChI is InChI=1S/C13H12BrNO2SSe/c1-19(13-9-7-11(14)8-10-13)15-18(16,17)12-5-3-2-4-6-12/h2-10H,1H3. The van der Waals surface area contributed by atoms with E-state index < -0.39 is 23.7 Å². The molecule has 0 aliphatic rings. The molecule has 19 heavy (non-hydrogen) atoms. The van der Waals surface area contributed by atoms with Crippen molar-refractivity contribution < 1.29 is 8.42 Å². The summed E-state index contributed by atoms with van der Waals surface area (Å²) in [5, 5.41) is 0. The summed E-state index contributed by atoms with van der Waals surface area (Å²) in [5.41, 5.74) is 0. The van der Waals surface area contributed by atoms with Gasteiger partial charge in [0.05, 0.1) is 0 Å². The van der Waals surface area contributed by atoms with Crippen LogP contribution in [0.5, 0.6) is 0 Å². The van der Waals surface area contributed by atoms with E-state index in [1.165, 1.54) is 0 Å². The summed E-state index contributed by atoms with van der Waals surface area (Å²) < 4.78 is 30.3. The van der Waals surface area contributed by atoms with E-state index in [9.17, 15) is 8.42 Å². The quantitative estimate of drug-likeness (QED) is 0.738. The molecule has 6 heteroatoms. The van der Waals surface area contributed by atoms with Crippen LogP contribution >= 0.6 is 15.9 Å². The molecule has 0 saturated carbocycles. The average Bonchev–Trinajstić information content (AvgIpc) is 2.40. The second-order valence-electron chi connectivity index (χ2n) is 3.79. The molecule has 2 aromatic rings. The minimum atomic E-state index is -3.55. The van der Waals surface area contributed by atoms with Crippen LogP contribution in [0.25, 0.3) is 0 Å². The Kier molecular flexibility index (Phi) is 4.68. The van der Waals surface area contributed by atoms with Crippen LogP contribution in [0.1, 0.15) is 0 Å². The van der Waals surface area contributed by atoms with E-state index in [2.05, 4.69) is 19.3 Å². The van der Waals surface area contributed by atoms with Gasteiger partial charge in [0.25, 0.3) is 0 Å². The van der Waals surface area contributed by atoms with Gasteiger partial charge in [-0.15, -0.1) is 0 Å². The molecule has 0 spiro atoms. The Hall–Kier alpha value is -0.811. The number of hydrogen-bond donors (Lipinski definition) is 0. The summed E-state index contributed by atoms with van der Waals surface area (Å²) in [5.74, 6) is 1.89. The average molecular weight is 405 g/mol. The zero-order valence-corrected chi connectivity index (χ0v) is 14.3. The molecule has 0 saturated heterocycles. The van der Waals surface area contributed by atoms with E-state index in [1.54, 1.807) is 30.3 Å². The molecule has 3 nitrogen and oxygen atoms in total. The van der Waals surface area contributed by atoms with E-state index in [-0.39, 0.29) is 4.90 Å². The Bertz CT molecular complexity index is 697. The van der Waals surface area contributed by atoms with Gasteiger partial charge in [0.15, 0.2) is 0 Å². The van der Waals surface area contributed by atoms with Gasteiger partial charge in [0, 0.05) is 0 Å². The predicted octanol–water partition coefficient (Wildman–Crippen LogP) is 2.93. The van der Waals surface area contributed by atoms with E-state index in [4.69, 9.17) is 0 Å². The molecule has 2 rings (SSSR count). The molecule has 0 radical (unpaired) electrons. The number of hydrogen-bond acceptors (Lipinski definition) is 2. The summed E-state index contributed by atoms with van der Waals surface area (Å²) >= 11 is 1.64. The topological polar surface area (TPSA) is 46.5 Å². The molecule has 0 bridgehead atoms. The zero-order chi connectivity index (χ0) is 13.9. The molecule has 2 aromatic carbocycles. The summed E-state index contributed by atoms with van der Waals surface area (Å²) in [6.45, 7) is 0. The third-order valence-electron chi connectivity index (χ3n) is 2.41. The van der Waals surface area contributed by atoms with Crippen LogP contribution in [-0.2, 0) is 10.0 Å². The SMILES string of the molecule is C/[Se](=N\S(=O)(=O)c1ccccc1)c1ccc(Br)cc1. The van der Waals surface area contributed by atoms with Gasteiger partial charge in [-0.2, -0.15) is 0 Å². The number of rotatable bonds is 3. The number of sulfonamides is 1. The fourth-order valence-corrected chi connectivity index (χ4v) is 6.74. The van der Waals surface area contributed by atoms with Crippen LogP contribution in [-0.4, -0.2) is 22.1 Å². The van der Waals surface area contributed by atoms with Crippen LogP contribution in [0.2, 0.25) is 5.82 Å². The van der Waals surface area contributed by atoms with Gasteiger partial charge >= 0.3 is 126 Å². The molecule has 0 amide bonds. The van der Waals surface area contributed by atoms with Crippen molar-refractivity contribution in [3.8, 4) is 0 Å². The molecule has 0 aromatic heterocycles. The summed E-state index contributed by atoms with van der Waals surface area (Å²) in [6.07, 6.45) is 0. The maximum absolute atomic E-state index is 12.1. The summed E-state index contributed by atoms with van der Waals surface area (Å²) in [6, 6.07) is 16.0. The van der Waals surface area contributed by atoms with Crippen molar-refractivity contribution in [2.75, 3.05) is 0 Å². The van der Waals surface area contributed by atoms with Crippen molar-refractivity contribution >= 4 is 44.1 Å². The number of halogens is 1. The first kappa shape index (κ1) is 14.6. The number of benzene rings is 2. The van der Waals surface area contributed by atoms with Gasteiger partial charge in [-0.3, -0.25) is 0 Å². The van der Waals surface area contributed by atoms with E-state index in [1.807, 2.05) is 30.1 Å². The monoisotopic (exact) mass is 405 g/mol. The fourth-order valence-electron chi connectivity index (χ4n) is 1.46. The van der Waals surface area contributed by atoms with Gasteiger partial charge in [0.1, 0.15) is 0 Å². The Morgan fingerprint density at radius 1 is 1.00 bits per heavy atom. The van der Waals surface area contributed by atoms with E-state index in [0.29, 0.717) is 0 Å². The van der Waals surface area contributed by atoms with Crippen LogP contribution in [0.3, 0.4) is 0 Å². The molecule has 0 heterocycles. The minimum absolute atomic E-state index is 0.253. The summed E-state index contributed by atoms with van der Waals surface area (Å²) in [4.78, 5) is 0.253. The molecular weight excluding hydrogens is 393 g/mol. The third-order valence-corrected chi connectivity index (χ3v) is 8.87. The Labute approximate surface area is 125 Å². The third kappa shape index (κ3) is 3.83. The zero-order valence-electron chi connectivity index (χ0n) is 10.2. The molecule has 1 unspecified atom stereocenters. The Morgan fingerprint density at radius 2 is 1.58 bits per heavy atom. The van der Waals surface area contributed by atoms with Crippen molar-refractivity contribution in [1.29, 1.82) is 0 Å². The molecule has 100 valence electrons. The van der Waals surface area contributed by atoms with Gasteiger partial charge in [-0.05, 0) is 0 Å². The predicted molar refractivity (Wildman–Crippen MR) is 81.4 cm³/mol. The van der Waals surface area contributed by atoms with E-state index in [0.717, 1.165) is 8.93 Å². The molecule has 1 atom stereocenters. The van der Waals surface area contributed by atoms with Crippen molar-refractivity contribution in [3.05, 3.63) is 59.1 Å². The van der Waals surface area contributed by atoms with Gasteiger partial charge < -0.3 is 0 Å². The second kappa shape index (κ2) is 6.09. The first-order chi connectivity index (χ1) is 8.99. The number of nitrogens with zero attached hydrogens (tertiary/aromatic N) is 1. The van der Waals surface area contributed by atoms with Gasteiger partial charge in [-0.25, -0.2) is 0 Å². The maximum atomic E-state index is 12.1. The molecular formula is C13H12BrNO2SSe. The van der Waals surface area contributed by atoms with Crippen molar-refractivity contribution in [1.82, 2.24) is 0 Å². The Balaban J connectivity index is 2.38.